The first-order chi connectivity index (χ1) is 12.7. The largest absolute Gasteiger partial charge is 0.383 e. The van der Waals surface area contributed by atoms with Gasteiger partial charge in [-0.15, -0.1) is 24.0 Å². The first-order valence-corrected chi connectivity index (χ1v) is 10.6. The molecule has 2 fully saturated rings. The Labute approximate surface area is 183 Å². The second kappa shape index (κ2) is 14.0. The summed E-state index contributed by atoms with van der Waals surface area (Å²) in [6.07, 6.45) is 10.9. The topological polar surface area (TPSA) is 52.1 Å². The Morgan fingerprint density at radius 3 is 2.33 bits per heavy atom. The summed E-state index contributed by atoms with van der Waals surface area (Å²) in [6.45, 7) is 7.20. The van der Waals surface area contributed by atoms with Gasteiger partial charge in [0.15, 0.2) is 5.96 Å². The number of nitrogens with one attached hydrogen (secondary N) is 2. The van der Waals surface area contributed by atoms with E-state index >= 15 is 0 Å². The average Bonchev–Trinajstić information content (AvgIpc) is 2.70. The molecule has 1 saturated heterocycles. The highest BCUT2D eigenvalue weighted by molar-refractivity contribution is 14.0. The number of aliphatic imine (C=N–C) groups is 1. The van der Waals surface area contributed by atoms with Crippen LogP contribution in [0.3, 0.4) is 0 Å². The number of rotatable bonds is 9. The van der Waals surface area contributed by atoms with Gasteiger partial charge in [-0.25, -0.2) is 0 Å². The van der Waals surface area contributed by atoms with Gasteiger partial charge < -0.3 is 20.3 Å². The minimum atomic E-state index is 0. The van der Waals surface area contributed by atoms with E-state index in [1.54, 1.807) is 7.11 Å². The Hall–Kier alpha value is -0.120. The Morgan fingerprint density at radius 1 is 1.04 bits per heavy atom. The molecule has 0 spiro atoms. The maximum atomic E-state index is 5.13. The Bertz CT molecular complexity index is 409. The molecule has 0 unspecified atom stereocenters. The Morgan fingerprint density at radius 2 is 1.70 bits per heavy atom. The summed E-state index contributed by atoms with van der Waals surface area (Å²) < 4.78 is 5.13. The Kier molecular flexibility index (Phi) is 12.9. The number of likely N-dealkylation sites (tertiary alicyclic amines) is 1. The van der Waals surface area contributed by atoms with Crippen LogP contribution in [-0.2, 0) is 4.74 Å². The van der Waals surface area contributed by atoms with E-state index in [9.17, 15) is 0 Å². The summed E-state index contributed by atoms with van der Waals surface area (Å²) in [6, 6.07) is 0. The molecule has 1 heterocycles. The fraction of sp³-hybridized carbons (Fsp3) is 0.950. The lowest BCUT2D eigenvalue weighted by atomic mass is 9.79. The lowest BCUT2D eigenvalue weighted by Gasteiger charge is -2.48. The van der Waals surface area contributed by atoms with Crippen LogP contribution in [-0.4, -0.2) is 88.4 Å². The molecule has 1 aliphatic carbocycles. The van der Waals surface area contributed by atoms with Crippen LogP contribution in [0.15, 0.2) is 4.99 Å². The van der Waals surface area contributed by atoms with Crippen LogP contribution in [0.25, 0.3) is 0 Å². The van der Waals surface area contributed by atoms with Crippen molar-refractivity contribution in [2.75, 3.05) is 67.1 Å². The van der Waals surface area contributed by atoms with Crippen LogP contribution >= 0.6 is 24.0 Å². The summed E-state index contributed by atoms with van der Waals surface area (Å²) in [4.78, 5) is 9.50. The molecule has 160 valence electrons. The first kappa shape index (κ1) is 24.9. The van der Waals surface area contributed by atoms with Gasteiger partial charge in [0.25, 0.3) is 0 Å². The van der Waals surface area contributed by atoms with Crippen LogP contribution in [0, 0.1) is 0 Å². The quantitative estimate of drug-likeness (QED) is 0.293. The van der Waals surface area contributed by atoms with Crippen molar-refractivity contribution in [3.63, 3.8) is 0 Å². The van der Waals surface area contributed by atoms with E-state index in [0.717, 1.165) is 38.7 Å². The number of hydrogen-bond acceptors (Lipinski definition) is 4. The van der Waals surface area contributed by atoms with Gasteiger partial charge in [0.05, 0.1) is 6.61 Å². The second-order valence-electron chi connectivity index (χ2n) is 7.98. The van der Waals surface area contributed by atoms with Gasteiger partial charge in [0.2, 0.25) is 0 Å². The number of nitrogens with zero attached hydrogens (tertiary/aromatic N) is 3. The molecule has 1 saturated carbocycles. The highest BCUT2D eigenvalue weighted by Gasteiger charge is 2.38. The van der Waals surface area contributed by atoms with Crippen molar-refractivity contribution in [1.29, 1.82) is 0 Å². The van der Waals surface area contributed by atoms with Crippen LogP contribution in [0.2, 0.25) is 0 Å². The third-order valence-electron chi connectivity index (χ3n) is 6.08. The van der Waals surface area contributed by atoms with Gasteiger partial charge in [-0.2, -0.15) is 0 Å². The molecule has 0 amide bonds. The molecule has 6 nitrogen and oxygen atoms in total. The van der Waals surface area contributed by atoms with Crippen molar-refractivity contribution in [3.05, 3.63) is 0 Å². The van der Waals surface area contributed by atoms with E-state index < -0.39 is 0 Å². The van der Waals surface area contributed by atoms with Crippen molar-refractivity contribution >= 4 is 29.9 Å². The molecule has 2 aliphatic rings. The number of piperidine rings is 1. The highest BCUT2D eigenvalue weighted by Crippen LogP contribution is 2.35. The maximum Gasteiger partial charge on any atom is 0.191 e. The molecule has 0 radical (unpaired) electrons. The fourth-order valence-corrected chi connectivity index (χ4v) is 4.38. The monoisotopic (exact) mass is 495 g/mol. The van der Waals surface area contributed by atoms with Gasteiger partial charge >= 0.3 is 0 Å². The molecule has 0 aromatic rings. The normalized spacial score (nSPS) is 21.0. The number of guanidine groups is 1. The van der Waals surface area contributed by atoms with Crippen molar-refractivity contribution in [2.45, 2.75) is 56.9 Å². The van der Waals surface area contributed by atoms with Gasteiger partial charge in [0, 0.05) is 45.9 Å². The lowest BCUT2D eigenvalue weighted by Crippen LogP contribution is -2.59. The van der Waals surface area contributed by atoms with Crippen molar-refractivity contribution in [1.82, 2.24) is 20.4 Å². The SMILES string of the molecule is CN=C(NCCN(C)CCOC)NCC1(N2CCCCC2)CCCCC1.I. The third kappa shape index (κ3) is 8.41. The van der Waals surface area contributed by atoms with Gasteiger partial charge in [-0.1, -0.05) is 25.7 Å². The van der Waals surface area contributed by atoms with Gasteiger partial charge in [-0.05, 0) is 45.8 Å². The number of hydrogen-bond donors (Lipinski definition) is 2. The predicted molar refractivity (Wildman–Crippen MR) is 125 cm³/mol. The molecule has 7 heteroatoms. The van der Waals surface area contributed by atoms with E-state index in [2.05, 4.69) is 32.5 Å². The van der Waals surface area contributed by atoms with Crippen LogP contribution in [0.1, 0.15) is 51.4 Å². The summed E-state index contributed by atoms with van der Waals surface area (Å²) >= 11 is 0. The molecule has 0 aromatic heterocycles. The molecule has 0 atom stereocenters. The first-order valence-electron chi connectivity index (χ1n) is 10.6. The standard InChI is InChI=1S/C20H41N5O.HI/c1-21-19(22-12-15-24(2)16-17-26-3)23-18-20(10-6-4-7-11-20)25-13-8-5-9-14-25;/h4-18H2,1-3H3,(H2,21,22,23);1H. The predicted octanol–water partition coefficient (Wildman–Crippen LogP) is 2.54. The van der Waals surface area contributed by atoms with Gasteiger partial charge in [-0.3, -0.25) is 9.89 Å². The fourth-order valence-electron chi connectivity index (χ4n) is 4.38. The number of ether oxygens (including phenoxy) is 1. The smallest absolute Gasteiger partial charge is 0.191 e. The zero-order chi connectivity index (χ0) is 18.7. The molecule has 2 rings (SSSR count). The van der Waals surface area contributed by atoms with E-state index in [0.29, 0.717) is 5.54 Å². The Balaban J connectivity index is 0.00000364. The maximum absolute atomic E-state index is 5.13. The van der Waals surface area contributed by atoms with Crippen LogP contribution < -0.4 is 10.6 Å². The zero-order valence-electron chi connectivity index (χ0n) is 17.8. The van der Waals surface area contributed by atoms with Crippen molar-refractivity contribution in [3.8, 4) is 0 Å². The molecular weight excluding hydrogens is 453 g/mol. The molecule has 27 heavy (non-hydrogen) atoms. The molecule has 0 bridgehead atoms. The molecule has 2 N–H and O–H groups in total. The minimum Gasteiger partial charge on any atom is -0.383 e. The van der Waals surface area contributed by atoms with E-state index in [4.69, 9.17) is 4.74 Å². The van der Waals surface area contributed by atoms with Crippen molar-refractivity contribution < 1.29 is 4.74 Å². The molecule has 0 aromatic carbocycles. The van der Waals surface area contributed by atoms with Crippen LogP contribution in [0.4, 0.5) is 0 Å². The summed E-state index contributed by atoms with van der Waals surface area (Å²) in [5, 5.41) is 7.12. The lowest BCUT2D eigenvalue weighted by molar-refractivity contribution is 0.0368. The van der Waals surface area contributed by atoms with Crippen molar-refractivity contribution in [2.24, 2.45) is 4.99 Å². The van der Waals surface area contributed by atoms with Crippen LogP contribution in [0.5, 0.6) is 0 Å². The number of likely N-dealkylation sites (N-methyl/N-ethyl adjacent to an activating group) is 1. The summed E-state index contributed by atoms with van der Waals surface area (Å²) in [5.74, 6) is 0.937. The third-order valence-corrected chi connectivity index (χ3v) is 6.08. The van der Waals surface area contributed by atoms with E-state index in [1.807, 2.05) is 7.05 Å². The van der Waals surface area contributed by atoms with Gasteiger partial charge in [0.1, 0.15) is 0 Å². The molecule has 1 aliphatic heterocycles. The highest BCUT2D eigenvalue weighted by atomic mass is 127. The average molecular weight is 495 g/mol. The van der Waals surface area contributed by atoms with E-state index in [1.165, 1.54) is 64.5 Å². The summed E-state index contributed by atoms with van der Waals surface area (Å²) in [5.41, 5.74) is 0.339. The minimum absolute atomic E-state index is 0. The number of methoxy groups -OCH3 is 1. The molecular formula is C20H42IN5O. The second-order valence-corrected chi connectivity index (χ2v) is 7.98. The summed E-state index contributed by atoms with van der Waals surface area (Å²) in [7, 11) is 5.75. The zero-order valence-corrected chi connectivity index (χ0v) is 20.1. The van der Waals surface area contributed by atoms with E-state index in [-0.39, 0.29) is 24.0 Å². The number of halogens is 1.